The summed E-state index contributed by atoms with van der Waals surface area (Å²) in [6.07, 6.45) is 4.57. The van der Waals surface area contributed by atoms with Crippen LogP contribution in [0.4, 0.5) is 0 Å². The monoisotopic (exact) mass is 362 g/mol. The lowest BCUT2D eigenvalue weighted by atomic mass is 9.83. The summed E-state index contributed by atoms with van der Waals surface area (Å²) in [5, 5.41) is 26.6. The number of hydrogen-bond donors (Lipinski definition) is 1. The number of nitrogens with zero attached hydrogens (tertiary/aromatic N) is 5. The van der Waals surface area contributed by atoms with Crippen molar-refractivity contribution in [2.24, 2.45) is 0 Å². The lowest BCUT2D eigenvalue weighted by Crippen LogP contribution is -2.49. The van der Waals surface area contributed by atoms with Gasteiger partial charge in [0.05, 0.1) is 18.4 Å². The summed E-state index contributed by atoms with van der Waals surface area (Å²) in [6, 6.07) is 6.30. The van der Waals surface area contributed by atoms with E-state index in [1.165, 1.54) is 11.8 Å². The van der Waals surface area contributed by atoms with Gasteiger partial charge in [-0.3, -0.25) is 4.79 Å². The molecular formula is C15H18N6OS2. The molecule has 1 aliphatic rings. The first-order valence-corrected chi connectivity index (χ1v) is 9.71. The predicted octanol–water partition coefficient (Wildman–Crippen LogP) is 2.22. The lowest BCUT2D eigenvalue weighted by molar-refractivity contribution is -0.120. The van der Waals surface area contributed by atoms with Crippen molar-refractivity contribution >= 4 is 29.0 Å². The van der Waals surface area contributed by atoms with E-state index in [-0.39, 0.29) is 11.7 Å². The van der Waals surface area contributed by atoms with Crippen molar-refractivity contribution in [2.45, 2.75) is 49.3 Å². The highest BCUT2D eigenvalue weighted by Gasteiger charge is 2.33. The Morgan fingerprint density at radius 1 is 1.46 bits per heavy atom. The molecule has 0 bridgehead atoms. The molecular weight excluding hydrogens is 344 g/mol. The van der Waals surface area contributed by atoms with E-state index < -0.39 is 5.54 Å². The van der Waals surface area contributed by atoms with Crippen molar-refractivity contribution in [2.75, 3.05) is 5.75 Å². The molecule has 7 nitrogen and oxygen atoms in total. The van der Waals surface area contributed by atoms with Crippen LogP contribution in [0.2, 0.25) is 0 Å². The van der Waals surface area contributed by atoms with E-state index in [9.17, 15) is 10.1 Å². The average Bonchev–Trinajstić information content (AvgIpc) is 3.26. The quantitative estimate of drug-likeness (QED) is 0.792. The molecule has 0 radical (unpaired) electrons. The zero-order chi connectivity index (χ0) is 16.8. The van der Waals surface area contributed by atoms with Crippen LogP contribution in [-0.4, -0.2) is 37.4 Å². The van der Waals surface area contributed by atoms with Crippen LogP contribution in [0, 0.1) is 11.3 Å². The number of amides is 1. The highest BCUT2D eigenvalue weighted by Crippen LogP contribution is 2.27. The topological polar surface area (TPSA) is 96.5 Å². The van der Waals surface area contributed by atoms with Crippen molar-refractivity contribution in [1.82, 2.24) is 25.5 Å². The number of nitriles is 1. The van der Waals surface area contributed by atoms with Gasteiger partial charge in [0.25, 0.3) is 0 Å². The summed E-state index contributed by atoms with van der Waals surface area (Å²) in [5.74, 6) is 0.0583. The van der Waals surface area contributed by atoms with Crippen LogP contribution in [0.5, 0.6) is 0 Å². The third kappa shape index (κ3) is 4.13. The van der Waals surface area contributed by atoms with Crippen molar-refractivity contribution in [1.29, 1.82) is 5.26 Å². The largest absolute Gasteiger partial charge is 0.337 e. The van der Waals surface area contributed by atoms with E-state index in [0.29, 0.717) is 11.7 Å². The Labute approximate surface area is 148 Å². The summed E-state index contributed by atoms with van der Waals surface area (Å²) >= 11 is 2.93. The van der Waals surface area contributed by atoms with Gasteiger partial charge in [0.15, 0.2) is 0 Å². The maximum Gasteiger partial charge on any atom is 0.231 e. The first kappa shape index (κ1) is 16.9. The van der Waals surface area contributed by atoms with Crippen LogP contribution >= 0.6 is 23.1 Å². The van der Waals surface area contributed by atoms with Crippen LogP contribution < -0.4 is 5.32 Å². The Hall–Kier alpha value is -1.92. The molecule has 126 valence electrons. The fourth-order valence-corrected chi connectivity index (χ4v) is 4.16. The van der Waals surface area contributed by atoms with E-state index >= 15 is 0 Å². The summed E-state index contributed by atoms with van der Waals surface area (Å²) in [6.45, 7) is 0.594. The molecule has 1 N–H and O–H groups in total. The number of thiophene rings is 1. The maximum atomic E-state index is 12.2. The van der Waals surface area contributed by atoms with Gasteiger partial charge in [-0.25, -0.2) is 4.68 Å². The number of carbonyl (C=O) groups excluding carboxylic acids is 1. The van der Waals surface area contributed by atoms with E-state index in [0.717, 1.165) is 37.0 Å². The minimum absolute atomic E-state index is 0.144. The molecule has 0 unspecified atom stereocenters. The minimum Gasteiger partial charge on any atom is -0.337 e. The summed E-state index contributed by atoms with van der Waals surface area (Å²) in [4.78, 5) is 13.4. The normalized spacial score (nSPS) is 16.5. The molecule has 24 heavy (non-hydrogen) atoms. The van der Waals surface area contributed by atoms with Gasteiger partial charge in [-0.2, -0.15) is 5.26 Å². The zero-order valence-electron chi connectivity index (χ0n) is 13.1. The number of carbonyl (C=O) groups is 1. The Balaban J connectivity index is 1.55. The van der Waals surface area contributed by atoms with Crippen LogP contribution in [0.3, 0.4) is 0 Å². The molecule has 1 amide bonds. The van der Waals surface area contributed by atoms with E-state index in [4.69, 9.17) is 0 Å². The summed E-state index contributed by atoms with van der Waals surface area (Å²) in [5.41, 5.74) is -0.696. The van der Waals surface area contributed by atoms with Gasteiger partial charge in [0.2, 0.25) is 11.1 Å². The molecule has 9 heteroatoms. The fraction of sp³-hybridized carbons (Fsp3) is 0.533. The summed E-state index contributed by atoms with van der Waals surface area (Å²) < 4.78 is 1.68. The first-order valence-electron chi connectivity index (χ1n) is 7.84. The molecule has 1 aliphatic carbocycles. The molecule has 0 aliphatic heterocycles. The van der Waals surface area contributed by atoms with Gasteiger partial charge >= 0.3 is 0 Å². The molecule has 0 atom stereocenters. The van der Waals surface area contributed by atoms with Gasteiger partial charge in [0.1, 0.15) is 5.54 Å². The van der Waals surface area contributed by atoms with Crippen molar-refractivity contribution in [3.05, 3.63) is 22.4 Å². The van der Waals surface area contributed by atoms with Crippen molar-refractivity contribution in [3.8, 4) is 6.07 Å². The minimum atomic E-state index is -0.696. The van der Waals surface area contributed by atoms with Crippen LogP contribution in [0.25, 0.3) is 0 Å². The smallest absolute Gasteiger partial charge is 0.231 e. The van der Waals surface area contributed by atoms with Crippen molar-refractivity contribution in [3.63, 3.8) is 0 Å². The van der Waals surface area contributed by atoms with Gasteiger partial charge in [-0.15, -0.1) is 16.4 Å². The highest BCUT2D eigenvalue weighted by atomic mass is 32.2. The summed E-state index contributed by atoms with van der Waals surface area (Å²) in [7, 11) is 0. The van der Waals surface area contributed by atoms with Crippen LogP contribution in [-0.2, 0) is 11.3 Å². The second-order valence-electron chi connectivity index (χ2n) is 5.79. The number of rotatable bonds is 6. The SMILES string of the molecule is N#CC1(NC(=O)CSc2nnnn2Cc2cccs2)CCCCC1. The molecule has 1 saturated carbocycles. The van der Waals surface area contributed by atoms with E-state index in [1.54, 1.807) is 16.0 Å². The number of tetrazole rings is 1. The van der Waals surface area contributed by atoms with Gasteiger partial charge in [-0.1, -0.05) is 37.1 Å². The second kappa shape index (κ2) is 7.77. The first-order chi connectivity index (χ1) is 11.7. The van der Waals surface area contributed by atoms with E-state index in [1.807, 2.05) is 17.5 Å². The Morgan fingerprint density at radius 2 is 2.29 bits per heavy atom. The molecule has 0 spiro atoms. The van der Waals surface area contributed by atoms with Crippen LogP contribution in [0.1, 0.15) is 37.0 Å². The Bertz CT molecular complexity index is 715. The third-order valence-electron chi connectivity index (χ3n) is 4.02. The number of thioether (sulfide) groups is 1. The predicted molar refractivity (Wildman–Crippen MR) is 91.5 cm³/mol. The highest BCUT2D eigenvalue weighted by molar-refractivity contribution is 7.99. The molecule has 2 heterocycles. The molecule has 0 aromatic carbocycles. The van der Waals surface area contributed by atoms with Gasteiger partial charge < -0.3 is 5.32 Å². The van der Waals surface area contributed by atoms with Gasteiger partial charge in [0, 0.05) is 4.88 Å². The van der Waals surface area contributed by atoms with Gasteiger partial charge in [-0.05, 0) is 34.7 Å². The molecule has 3 rings (SSSR count). The standard InChI is InChI=1S/C15H18N6OS2/c16-11-15(6-2-1-3-7-15)17-13(22)10-24-14-18-19-20-21(14)9-12-5-4-8-23-12/h4-5,8H,1-3,6-7,9-10H2,(H,17,22). The Kier molecular flexibility index (Phi) is 5.48. The number of aromatic nitrogens is 4. The number of hydrogen-bond acceptors (Lipinski definition) is 7. The van der Waals surface area contributed by atoms with Crippen LogP contribution in [0.15, 0.2) is 22.7 Å². The average molecular weight is 362 g/mol. The molecule has 1 fully saturated rings. The lowest BCUT2D eigenvalue weighted by Gasteiger charge is -2.31. The molecule has 2 aromatic rings. The zero-order valence-corrected chi connectivity index (χ0v) is 14.8. The second-order valence-corrected chi connectivity index (χ2v) is 7.76. The maximum absolute atomic E-state index is 12.2. The third-order valence-corrected chi connectivity index (χ3v) is 5.84. The number of nitrogens with one attached hydrogen (secondary N) is 1. The fourth-order valence-electron chi connectivity index (χ4n) is 2.80. The molecule has 2 aromatic heterocycles. The van der Waals surface area contributed by atoms with Crippen molar-refractivity contribution < 1.29 is 4.79 Å². The molecule has 0 saturated heterocycles. The van der Waals surface area contributed by atoms with E-state index in [2.05, 4.69) is 26.9 Å². The Morgan fingerprint density at radius 3 is 3.00 bits per heavy atom.